The van der Waals surface area contributed by atoms with E-state index in [2.05, 4.69) is 505 Å². The number of thiophene rings is 6. The van der Waals surface area contributed by atoms with Crippen LogP contribution in [0.25, 0.3) is 271 Å². The van der Waals surface area contributed by atoms with Gasteiger partial charge < -0.3 is 13.7 Å². The van der Waals surface area contributed by atoms with Crippen LogP contribution >= 0.6 is 68.0 Å². The first-order valence-corrected chi connectivity index (χ1v) is 52.7. The fourth-order valence-electron chi connectivity index (χ4n) is 21.9. The molecular weight excluding hydrogens is 1820 g/mol. The Morgan fingerprint density at radius 3 is 0.887 bits per heavy atom. The molecule has 0 atom stereocenters. The molecule has 0 N–H and O–H groups in total. The van der Waals surface area contributed by atoms with E-state index in [4.69, 9.17) is 0 Å². The molecular formula is C132H81N3S6. The first-order valence-electron chi connectivity index (χ1n) is 47.8. The van der Waals surface area contributed by atoms with Crippen molar-refractivity contribution in [1.29, 1.82) is 0 Å². The maximum atomic E-state index is 2.46. The second kappa shape index (κ2) is 34.3. The van der Waals surface area contributed by atoms with Crippen molar-refractivity contribution in [1.82, 2.24) is 13.7 Å². The van der Waals surface area contributed by atoms with Crippen LogP contribution in [-0.2, 0) is 0 Å². The molecule has 0 unspecified atom stereocenters. The van der Waals surface area contributed by atoms with Gasteiger partial charge in [-0.1, -0.05) is 376 Å². The Morgan fingerprint density at radius 1 is 0.128 bits per heavy atom. The maximum absolute atomic E-state index is 2.46. The number of aromatic nitrogens is 3. The Hall–Kier alpha value is -16.4. The Kier molecular flexibility index (Phi) is 20.1. The molecule has 0 aliphatic rings. The second-order valence-corrected chi connectivity index (χ2v) is 42.6. The van der Waals surface area contributed by atoms with Crippen LogP contribution in [0, 0.1) is 0 Å². The fraction of sp³-hybridized carbons (Fsp3) is 0. The molecule has 0 aliphatic heterocycles. The van der Waals surface area contributed by atoms with E-state index in [1.165, 1.54) is 271 Å². The molecule has 0 radical (unpaired) electrons. The van der Waals surface area contributed by atoms with E-state index in [-0.39, 0.29) is 0 Å². The SMILES string of the molecule is c1ccc(-c2ccc3c(c2)sc2cc(-c4cccc(-c5cccc6sc7c8ccccc8n(-c8ccccc8)c7c56)c4)ccc23)cc1.c1ccc(-c2cccc3c2sc2c(-c4cccc(-c5cccc6sc7c8ccccc8n(-c8ccccc8)c7c56)c4)cccc23)cc1.c1ccc(-c2cccc3c2sc2cccc(-c4cccc(-c5ccc6sc7c8ccccc8n(-c8ccccc8)c7c6c5)c4)c23)cc1. The molecule has 0 saturated heterocycles. The van der Waals surface area contributed by atoms with Gasteiger partial charge in [0.25, 0.3) is 0 Å². The summed E-state index contributed by atoms with van der Waals surface area (Å²) in [7, 11) is 0. The zero-order valence-electron chi connectivity index (χ0n) is 76.1. The van der Waals surface area contributed by atoms with Crippen molar-refractivity contribution in [3.05, 3.63) is 491 Å². The topological polar surface area (TPSA) is 14.8 Å². The Morgan fingerprint density at radius 2 is 0.418 bits per heavy atom. The predicted octanol–water partition coefficient (Wildman–Crippen LogP) is 40.1. The van der Waals surface area contributed by atoms with Gasteiger partial charge in [0.15, 0.2) is 0 Å². The van der Waals surface area contributed by atoms with Crippen LogP contribution in [0.1, 0.15) is 0 Å². The third kappa shape index (κ3) is 14.0. The summed E-state index contributed by atoms with van der Waals surface area (Å²) in [6.07, 6.45) is 0. The standard InChI is InChI=1S/3C44H27NS2/c1-3-13-28(14-4-1)33-21-10-23-35-36-24-11-22-34(43(36)47-42(33)35)30-16-9-15-29(27-30)32-20-12-26-39-40(32)41-44(46-39)37-19-7-8-25-38(37)45(41)31-17-5-2-6-18-31;1-3-12-28(13-4-1)34-20-10-21-36-41-33(19-11-23-40(41)47-43(34)36)31-15-9-14-29(26-31)30-24-25-39-37(27-30)42-44(46-39)35-18-7-8-22-38(35)45(42)32-16-5-2-6-17-32;1-3-11-28(12-4-1)30-21-23-35-36-24-22-31(27-41(36)46-40(35)26-30)29-13-9-14-32(25-29)34-18-10-20-39-42(34)43-44(47-39)37-17-7-8-19-38(37)45(43)33-15-5-2-6-16-33/h3*1-27H. The summed E-state index contributed by atoms with van der Waals surface area (Å²) in [4.78, 5) is 0. The molecule has 0 spiro atoms. The second-order valence-electron chi connectivity index (χ2n) is 36.3. The number of benzene rings is 21. The lowest BCUT2D eigenvalue weighted by Gasteiger charge is -2.11. The van der Waals surface area contributed by atoms with Crippen molar-refractivity contribution in [2.24, 2.45) is 0 Å². The van der Waals surface area contributed by atoms with E-state index in [0.29, 0.717) is 0 Å². The van der Waals surface area contributed by atoms with E-state index < -0.39 is 0 Å². The number of para-hydroxylation sites is 6. The Labute approximate surface area is 837 Å². The van der Waals surface area contributed by atoms with Crippen LogP contribution in [0.2, 0.25) is 0 Å². The summed E-state index contributed by atoms with van der Waals surface area (Å²) in [5.41, 5.74) is 33.8. The molecule has 660 valence electrons. The molecule has 0 fully saturated rings. The van der Waals surface area contributed by atoms with Gasteiger partial charge in [0.05, 0.1) is 47.2 Å². The van der Waals surface area contributed by atoms with Gasteiger partial charge >= 0.3 is 0 Å². The lowest BCUT2D eigenvalue weighted by atomic mass is 9.95. The van der Waals surface area contributed by atoms with Crippen molar-refractivity contribution in [3.63, 3.8) is 0 Å². The van der Waals surface area contributed by atoms with Crippen molar-refractivity contribution in [2.75, 3.05) is 0 Å². The van der Waals surface area contributed by atoms with Crippen molar-refractivity contribution >= 4 is 222 Å². The van der Waals surface area contributed by atoms with Gasteiger partial charge in [-0.25, -0.2) is 0 Å². The summed E-state index contributed by atoms with van der Waals surface area (Å²) < 4.78 is 23.3. The molecule has 30 rings (SSSR count). The average Bonchev–Trinajstić information content (AvgIpc) is 1.56. The minimum absolute atomic E-state index is 1.19. The molecule has 9 heterocycles. The third-order valence-corrected chi connectivity index (χ3v) is 35.4. The molecule has 3 nitrogen and oxygen atoms in total. The van der Waals surface area contributed by atoms with Crippen LogP contribution in [0.15, 0.2) is 491 Å². The molecule has 141 heavy (non-hydrogen) atoms. The predicted molar refractivity (Wildman–Crippen MR) is 616 cm³/mol. The van der Waals surface area contributed by atoms with E-state index in [9.17, 15) is 0 Å². The largest absolute Gasteiger partial charge is 0.308 e. The molecule has 0 saturated carbocycles. The number of hydrogen-bond donors (Lipinski definition) is 0. The number of nitrogens with zero attached hydrogens (tertiary/aromatic N) is 3. The molecule has 0 bridgehead atoms. The van der Waals surface area contributed by atoms with Gasteiger partial charge in [-0.2, -0.15) is 0 Å². The van der Waals surface area contributed by atoms with Gasteiger partial charge in [0.1, 0.15) is 0 Å². The maximum Gasteiger partial charge on any atom is 0.0734 e. The molecule has 0 aliphatic carbocycles. The van der Waals surface area contributed by atoms with Gasteiger partial charge in [-0.05, 0) is 215 Å². The highest BCUT2D eigenvalue weighted by molar-refractivity contribution is 7.29. The molecule has 9 aromatic heterocycles. The summed E-state index contributed by atoms with van der Waals surface area (Å²) in [6.45, 7) is 0. The van der Waals surface area contributed by atoms with Gasteiger partial charge in [-0.15, -0.1) is 68.0 Å². The summed E-state index contributed by atoms with van der Waals surface area (Å²) >= 11 is 11.4. The monoisotopic (exact) mass is 1900 g/mol. The van der Waals surface area contributed by atoms with Crippen LogP contribution in [-0.4, -0.2) is 13.7 Å². The Bertz CT molecular complexity index is 10200. The smallest absolute Gasteiger partial charge is 0.0734 e. The van der Waals surface area contributed by atoms with Crippen LogP contribution in [0.4, 0.5) is 0 Å². The summed E-state index contributed by atoms with van der Waals surface area (Å²) in [5.74, 6) is 0. The first kappa shape index (κ1) is 82.8. The third-order valence-electron chi connectivity index (χ3n) is 28.2. The first-order chi connectivity index (χ1) is 69.9. The van der Waals surface area contributed by atoms with Gasteiger partial charge in [0, 0.05) is 124 Å². The lowest BCUT2D eigenvalue weighted by Crippen LogP contribution is -1.93. The number of rotatable bonds is 12. The molecule has 21 aromatic carbocycles. The zero-order chi connectivity index (χ0) is 92.7. The zero-order valence-corrected chi connectivity index (χ0v) is 81.0. The van der Waals surface area contributed by atoms with E-state index in [1.54, 1.807) is 0 Å². The van der Waals surface area contributed by atoms with Gasteiger partial charge in [-0.3, -0.25) is 0 Å². The van der Waals surface area contributed by atoms with Crippen molar-refractivity contribution in [2.45, 2.75) is 0 Å². The van der Waals surface area contributed by atoms with E-state index in [0.717, 1.165) is 0 Å². The van der Waals surface area contributed by atoms with E-state index >= 15 is 0 Å². The highest BCUT2D eigenvalue weighted by Gasteiger charge is 2.27. The molecule has 9 heteroatoms. The minimum Gasteiger partial charge on any atom is -0.308 e. The summed E-state index contributed by atoms with van der Waals surface area (Å²) in [6, 6.07) is 180. The Balaban J connectivity index is 0.000000104. The lowest BCUT2D eigenvalue weighted by molar-refractivity contribution is 1.19. The number of fused-ring (bicyclic) bond motifs is 24. The van der Waals surface area contributed by atoms with Crippen molar-refractivity contribution < 1.29 is 0 Å². The quantitative estimate of drug-likeness (QED) is 0.116. The van der Waals surface area contributed by atoms with Gasteiger partial charge in [0.2, 0.25) is 0 Å². The van der Waals surface area contributed by atoms with Crippen LogP contribution in [0.5, 0.6) is 0 Å². The van der Waals surface area contributed by atoms with E-state index in [1.807, 2.05) is 68.0 Å². The highest BCUT2D eigenvalue weighted by Crippen LogP contribution is 2.53. The highest BCUT2D eigenvalue weighted by atomic mass is 32.1. The molecule has 30 aromatic rings. The van der Waals surface area contributed by atoms with Crippen LogP contribution in [0.3, 0.4) is 0 Å². The molecule has 0 amide bonds. The average molecular weight is 1900 g/mol. The minimum atomic E-state index is 1.19. The number of hydrogen-bond acceptors (Lipinski definition) is 6. The van der Waals surface area contributed by atoms with Crippen molar-refractivity contribution in [3.8, 4) is 117 Å². The normalized spacial score (nSPS) is 11.8. The van der Waals surface area contributed by atoms with Crippen LogP contribution < -0.4 is 0 Å². The summed E-state index contributed by atoms with van der Waals surface area (Å²) in [5, 5.41) is 15.8. The fourth-order valence-corrected chi connectivity index (χ4v) is 29.4.